The number of hydrogen-bond donors (Lipinski definition) is 2. The molecule has 1 atom stereocenters. The molecule has 2 aliphatic heterocycles. The van der Waals surface area contributed by atoms with Crippen LogP contribution in [0.5, 0.6) is 0 Å². The van der Waals surface area contributed by atoms with Crippen molar-refractivity contribution in [2.45, 2.75) is 38.3 Å². The van der Waals surface area contributed by atoms with Crippen LogP contribution in [-0.4, -0.2) is 72.9 Å². The Morgan fingerprint density at radius 2 is 1.94 bits per heavy atom. The number of aromatic amines is 1. The standard InChI is InChI=1S/C23H28N6O3/c1-23(2,32)20-14-29(26-25-20)16-12-28(13-16)21(30)15-6-5-9-27(11-15)22(31)18-10-24-19-8-4-3-7-17(18)19/h3-4,7-8,10,14-16,24,32H,5-6,9,11-13H2,1-2H3. The van der Waals surface area contributed by atoms with Crippen LogP contribution in [0.2, 0.25) is 0 Å². The van der Waals surface area contributed by atoms with Crippen LogP contribution in [-0.2, 0) is 10.4 Å². The van der Waals surface area contributed by atoms with Crippen molar-refractivity contribution in [3.05, 3.63) is 47.9 Å². The largest absolute Gasteiger partial charge is 0.384 e. The number of carbonyl (C=O) groups is 2. The predicted octanol–water partition coefficient (Wildman–Crippen LogP) is 1.92. The van der Waals surface area contributed by atoms with Crippen LogP contribution in [0, 0.1) is 5.92 Å². The summed E-state index contributed by atoms with van der Waals surface area (Å²) in [7, 11) is 0. The molecule has 0 bridgehead atoms. The summed E-state index contributed by atoms with van der Waals surface area (Å²) in [6, 6.07) is 7.83. The van der Waals surface area contributed by atoms with E-state index in [9.17, 15) is 14.7 Å². The molecule has 4 heterocycles. The van der Waals surface area contributed by atoms with Crippen molar-refractivity contribution in [3.63, 3.8) is 0 Å². The first-order chi connectivity index (χ1) is 15.3. The van der Waals surface area contributed by atoms with Crippen LogP contribution in [0.4, 0.5) is 0 Å². The van der Waals surface area contributed by atoms with Gasteiger partial charge in [0.15, 0.2) is 0 Å². The Labute approximate surface area is 186 Å². The molecule has 9 nitrogen and oxygen atoms in total. The number of nitrogens with zero attached hydrogens (tertiary/aromatic N) is 5. The minimum atomic E-state index is -1.04. The molecule has 1 unspecified atom stereocenters. The van der Waals surface area contributed by atoms with Crippen LogP contribution < -0.4 is 0 Å². The topological polar surface area (TPSA) is 107 Å². The summed E-state index contributed by atoms with van der Waals surface area (Å²) in [5, 5.41) is 19.1. The first kappa shape index (κ1) is 20.7. The first-order valence-electron chi connectivity index (χ1n) is 11.1. The van der Waals surface area contributed by atoms with E-state index in [-0.39, 0.29) is 23.8 Å². The lowest BCUT2D eigenvalue weighted by Crippen LogP contribution is -2.55. The molecule has 0 spiro atoms. The number of carbonyl (C=O) groups excluding carboxylic acids is 2. The fourth-order valence-electron chi connectivity index (χ4n) is 4.58. The lowest BCUT2D eigenvalue weighted by Gasteiger charge is -2.42. The number of aromatic nitrogens is 4. The highest BCUT2D eigenvalue weighted by molar-refractivity contribution is 6.06. The third-order valence-corrected chi connectivity index (χ3v) is 6.56. The van der Waals surface area contributed by atoms with Gasteiger partial charge in [-0.1, -0.05) is 23.4 Å². The third kappa shape index (κ3) is 3.66. The number of aliphatic hydroxyl groups is 1. The molecule has 2 aromatic heterocycles. The lowest BCUT2D eigenvalue weighted by molar-refractivity contribution is -0.143. The monoisotopic (exact) mass is 436 g/mol. The molecule has 0 radical (unpaired) electrons. The molecule has 2 amide bonds. The van der Waals surface area contributed by atoms with Gasteiger partial charge < -0.3 is 19.9 Å². The van der Waals surface area contributed by atoms with Crippen molar-refractivity contribution in [3.8, 4) is 0 Å². The van der Waals surface area contributed by atoms with Crippen LogP contribution in [0.25, 0.3) is 10.9 Å². The molecule has 9 heteroatoms. The van der Waals surface area contributed by atoms with E-state index < -0.39 is 5.60 Å². The predicted molar refractivity (Wildman–Crippen MR) is 118 cm³/mol. The maximum atomic E-state index is 13.2. The molecule has 0 aliphatic carbocycles. The van der Waals surface area contributed by atoms with Gasteiger partial charge in [-0.25, -0.2) is 4.68 Å². The van der Waals surface area contributed by atoms with E-state index in [0.29, 0.717) is 37.4 Å². The molecule has 2 fully saturated rings. The Morgan fingerprint density at radius 3 is 2.69 bits per heavy atom. The number of piperidine rings is 1. The van der Waals surface area contributed by atoms with E-state index in [0.717, 1.165) is 23.7 Å². The zero-order valence-corrected chi connectivity index (χ0v) is 18.4. The molecular weight excluding hydrogens is 408 g/mol. The van der Waals surface area contributed by atoms with E-state index in [1.807, 2.05) is 34.1 Å². The lowest BCUT2D eigenvalue weighted by atomic mass is 9.94. The highest BCUT2D eigenvalue weighted by atomic mass is 16.3. The van der Waals surface area contributed by atoms with Gasteiger partial charge in [-0.3, -0.25) is 9.59 Å². The first-order valence-corrected chi connectivity index (χ1v) is 11.1. The molecule has 2 N–H and O–H groups in total. The number of fused-ring (bicyclic) bond motifs is 1. The fraction of sp³-hybridized carbons (Fsp3) is 0.478. The summed E-state index contributed by atoms with van der Waals surface area (Å²) >= 11 is 0. The Morgan fingerprint density at radius 1 is 1.16 bits per heavy atom. The number of nitrogens with one attached hydrogen (secondary N) is 1. The summed E-state index contributed by atoms with van der Waals surface area (Å²) in [5.41, 5.74) is 1.07. The van der Waals surface area contributed by atoms with Gasteiger partial charge in [-0.2, -0.15) is 0 Å². The summed E-state index contributed by atoms with van der Waals surface area (Å²) < 4.78 is 1.73. The van der Waals surface area contributed by atoms with Gasteiger partial charge in [-0.15, -0.1) is 5.10 Å². The number of rotatable bonds is 4. The SMILES string of the molecule is CC(C)(O)c1cn(C2CN(C(=O)C3CCCN(C(=O)c4c[nH]c5ccccc45)C3)C2)nn1. The number of hydrogen-bond acceptors (Lipinski definition) is 5. The number of likely N-dealkylation sites (tertiary alicyclic amines) is 2. The molecular formula is C23H28N6O3. The van der Waals surface area contributed by atoms with E-state index in [4.69, 9.17) is 0 Å². The van der Waals surface area contributed by atoms with Gasteiger partial charge in [0.2, 0.25) is 5.91 Å². The zero-order valence-electron chi connectivity index (χ0n) is 18.4. The van der Waals surface area contributed by atoms with Crippen molar-refractivity contribution in [2.24, 2.45) is 5.92 Å². The summed E-state index contributed by atoms with van der Waals surface area (Å²) in [6.07, 6.45) is 5.12. The van der Waals surface area contributed by atoms with Gasteiger partial charge in [0.1, 0.15) is 11.3 Å². The smallest absolute Gasteiger partial charge is 0.256 e. The van der Waals surface area contributed by atoms with Crippen molar-refractivity contribution in [2.75, 3.05) is 26.2 Å². The van der Waals surface area contributed by atoms with Crippen LogP contribution in [0.15, 0.2) is 36.7 Å². The van der Waals surface area contributed by atoms with Gasteiger partial charge in [-0.05, 0) is 32.8 Å². The molecule has 5 rings (SSSR count). The van der Waals surface area contributed by atoms with Gasteiger partial charge in [0.25, 0.3) is 5.91 Å². The van der Waals surface area contributed by atoms with Crippen molar-refractivity contribution in [1.82, 2.24) is 29.8 Å². The molecule has 3 aromatic rings. The molecule has 2 saturated heterocycles. The molecule has 168 valence electrons. The van der Waals surface area contributed by atoms with E-state index in [1.165, 1.54) is 0 Å². The van der Waals surface area contributed by atoms with E-state index in [2.05, 4.69) is 15.3 Å². The Kier molecular flexibility index (Phi) is 5.00. The summed E-state index contributed by atoms with van der Waals surface area (Å²) in [6.45, 7) is 5.60. The number of para-hydroxylation sites is 1. The summed E-state index contributed by atoms with van der Waals surface area (Å²) in [4.78, 5) is 33.0. The normalized spacial score (nSPS) is 19.9. The van der Waals surface area contributed by atoms with Crippen LogP contribution >= 0.6 is 0 Å². The van der Waals surface area contributed by atoms with Crippen LogP contribution in [0.1, 0.15) is 48.8 Å². The second-order valence-electron chi connectivity index (χ2n) is 9.38. The van der Waals surface area contributed by atoms with E-state index >= 15 is 0 Å². The fourth-order valence-corrected chi connectivity index (χ4v) is 4.58. The molecule has 1 aromatic carbocycles. The second kappa shape index (κ2) is 7.74. The number of H-pyrrole nitrogens is 1. The van der Waals surface area contributed by atoms with E-state index in [1.54, 1.807) is 30.9 Å². The highest BCUT2D eigenvalue weighted by Gasteiger charge is 2.39. The molecule has 0 saturated carbocycles. The highest BCUT2D eigenvalue weighted by Crippen LogP contribution is 2.28. The van der Waals surface area contributed by atoms with Crippen molar-refractivity contribution < 1.29 is 14.7 Å². The Hall–Kier alpha value is -3.20. The number of benzene rings is 1. The quantitative estimate of drug-likeness (QED) is 0.650. The van der Waals surface area contributed by atoms with Gasteiger partial charge in [0, 0.05) is 43.3 Å². The Bertz CT molecular complexity index is 1150. The minimum Gasteiger partial charge on any atom is -0.384 e. The average Bonchev–Trinajstić information content (AvgIpc) is 3.40. The molecule has 32 heavy (non-hydrogen) atoms. The maximum absolute atomic E-state index is 13.2. The Balaban J connectivity index is 1.21. The third-order valence-electron chi connectivity index (χ3n) is 6.56. The minimum absolute atomic E-state index is 0.0248. The zero-order chi connectivity index (χ0) is 22.5. The van der Waals surface area contributed by atoms with Crippen LogP contribution in [0.3, 0.4) is 0 Å². The summed E-state index contributed by atoms with van der Waals surface area (Å²) in [5.74, 6) is -0.106. The number of amides is 2. The van der Waals surface area contributed by atoms with Gasteiger partial charge >= 0.3 is 0 Å². The maximum Gasteiger partial charge on any atom is 0.256 e. The second-order valence-corrected chi connectivity index (χ2v) is 9.38. The van der Waals surface area contributed by atoms with Crippen molar-refractivity contribution in [1.29, 1.82) is 0 Å². The van der Waals surface area contributed by atoms with Crippen molar-refractivity contribution >= 4 is 22.7 Å². The molecule has 2 aliphatic rings. The van der Waals surface area contributed by atoms with Gasteiger partial charge in [0.05, 0.1) is 23.7 Å². The average molecular weight is 437 g/mol.